The van der Waals surface area contributed by atoms with E-state index in [4.69, 9.17) is 9.47 Å². The second-order valence-corrected chi connectivity index (χ2v) is 10.7. The minimum absolute atomic E-state index is 0.0409. The van der Waals surface area contributed by atoms with Crippen LogP contribution in [0.1, 0.15) is 16.7 Å². The maximum atomic E-state index is 13.4. The van der Waals surface area contributed by atoms with Gasteiger partial charge in [-0.2, -0.15) is 17.5 Å². The van der Waals surface area contributed by atoms with Gasteiger partial charge in [-0.1, -0.05) is 30.3 Å². The molecule has 0 aliphatic carbocycles. The van der Waals surface area contributed by atoms with Crippen molar-refractivity contribution in [1.82, 2.24) is 9.21 Å². The van der Waals surface area contributed by atoms with Crippen LogP contribution in [0, 0.1) is 0 Å². The first-order valence-electron chi connectivity index (χ1n) is 11.6. The van der Waals surface area contributed by atoms with Gasteiger partial charge < -0.3 is 14.4 Å². The van der Waals surface area contributed by atoms with Gasteiger partial charge in [0.2, 0.25) is 10.0 Å². The quantitative estimate of drug-likeness (QED) is 0.472. The number of hydrogen-bond acceptors (Lipinski definition) is 6. The molecule has 3 aromatic rings. The van der Waals surface area contributed by atoms with E-state index in [2.05, 4.69) is 4.99 Å². The summed E-state index contributed by atoms with van der Waals surface area (Å²) in [6.07, 6.45) is -4.54. The molecule has 2 aliphatic rings. The van der Waals surface area contributed by atoms with Crippen LogP contribution in [-0.2, 0) is 22.0 Å². The number of fused-ring (bicyclic) bond motifs is 2. The smallest absolute Gasteiger partial charge is 0.416 e. The molecule has 2 heterocycles. The summed E-state index contributed by atoms with van der Waals surface area (Å²) in [6.45, 7) is 1.03. The van der Waals surface area contributed by atoms with Crippen LogP contribution < -0.4 is 9.47 Å². The first kappa shape index (κ1) is 25.1. The van der Waals surface area contributed by atoms with Gasteiger partial charge in [-0.15, -0.1) is 0 Å². The molecular weight excluding hydrogens is 507 g/mol. The lowest BCUT2D eigenvalue weighted by Crippen LogP contribution is -2.51. The monoisotopic (exact) mass is 531 g/mol. The molecule has 0 N–H and O–H groups in total. The average molecular weight is 532 g/mol. The van der Waals surface area contributed by atoms with Gasteiger partial charge in [0.25, 0.3) is 0 Å². The van der Waals surface area contributed by atoms with Crippen molar-refractivity contribution in [3.63, 3.8) is 0 Å². The predicted molar refractivity (Wildman–Crippen MR) is 133 cm³/mol. The molecule has 2 aliphatic heterocycles. The predicted octanol–water partition coefficient (Wildman–Crippen LogP) is 5.05. The van der Waals surface area contributed by atoms with E-state index in [1.807, 2.05) is 11.0 Å². The van der Waals surface area contributed by atoms with Crippen molar-refractivity contribution in [2.75, 3.05) is 33.3 Å². The van der Waals surface area contributed by atoms with Gasteiger partial charge in [0.05, 0.1) is 24.0 Å². The van der Waals surface area contributed by atoms with Crippen molar-refractivity contribution >= 4 is 21.5 Å². The number of benzene rings is 3. The van der Waals surface area contributed by atoms with E-state index < -0.39 is 21.8 Å². The van der Waals surface area contributed by atoms with Crippen molar-refractivity contribution in [3.05, 3.63) is 83.4 Å². The van der Waals surface area contributed by atoms with E-state index in [0.29, 0.717) is 41.6 Å². The fourth-order valence-electron chi connectivity index (χ4n) is 4.36. The third-order valence-electron chi connectivity index (χ3n) is 6.28. The number of methoxy groups -OCH3 is 1. The van der Waals surface area contributed by atoms with Crippen molar-refractivity contribution in [2.24, 2.45) is 4.99 Å². The highest BCUT2D eigenvalue weighted by molar-refractivity contribution is 7.88. The summed E-state index contributed by atoms with van der Waals surface area (Å²) in [6, 6.07) is 17.2. The Morgan fingerprint density at radius 2 is 1.65 bits per heavy atom. The summed E-state index contributed by atoms with van der Waals surface area (Å²) >= 11 is 0. The van der Waals surface area contributed by atoms with Crippen LogP contribution in [0.25, 0.3) is 0 Å². The molecule has 0 saturated carbocycles. The molecule has 3 aromatic carbocycles. The molecule has 0 amide bonds. The first-order chi connectivity index (χ1) is 17.6. The van der Waals surface area contributed by atoms with Crippen LogP contribution in [0.5, 0.6) is 17.2 Å². The van der Waals surface area contributed by atoms with Gasteiger partial charge in [0.15, 0.2) is 5.75 Å². The number of nitrogens with zero attached hydrogens (tertiary/aromatic N) is 3. The van der Waals surface area contributed by atoms with E-state index in [9.17, 15) is 21.6 Å². The van der Waals surface area contributed by atoms with Crippen LogP contribution >= 0.6 is 0 Å². The number of amidine groups is 1. The first-order valence-corrected chi connectivity index (χ1v) is 13.2. The fourth-order valence-corrected chi connectivity index (χ4v) is 5.87. The Bertz CT molecular complexity index is 1440. The van der Waals surface area contributed by atoms with Gasteiger partial charge in [-0.05, 0) is 42.0 Å². The highest BCUT2D eigenvalue weighted by atomic mass is 32.2. The van der Waals surface area contributed by atoms with Crippen LogP contribution in [0.4, 0.5) is 18.9 Å². The van der Waals surface area contributed by atoms with Gasteiger partial charge >= 0.3 is 6.18 Å². The molecule has 0 unspecified atom stereocenters. The largest absolute Gasteiger partial charge is 0.497 e. The molecule has 1 fully saturated rings. The SMILES string of the molecule is COc1ccc2c(c1)C(N1CCN(S(=O)(=O)Cc3ccccc3)CC1)=Nc1cc(C(F)(F)F)ccc1O2. The minimum Gasteiger partial charge on any atom is -0.497 e. The molecule has 37 heavy (non-hydrogen) atoms. The Balaban J connectivity index is 1.46. The van der Waals surface area contributed by atoms with Crippen LogP contribution in [0.3, 0.4) is 0 Å². The third kappa shape index (κ3) is 5.28. The molecule has 0 aromatic heterocycles. The molecular formula is C26H24F3N3O4S. The number of rotatable bonds is 4. The Kier molecular flexibility index (Phi) is 6.59. The molecule has 0 spiro atoms. The number of piperazine rings is 1. The molecule has 0 radical (unpaired) electrons. The second kappa shape index (κ2) is 9.71. The maximum Gasteiger partial charge on any atom is 0.416 e. The molecule has 5 rings (SSSR count). The summed E-state index contributed by atoms with van der Waals surface area (Å²) in [5.41, 5.74) is 0.454. The lowest BCUT2D eigenvalue weighted by Gasteiger charge is -2.36. The zero-order chi connectivity index (χ0) is 26.2. The molecule has 11 heteroatoms. The average Bonchev–Trinajstić information content (AvgIpc) is 3.04. The number of ether oxygens (including phenoxy) is 2. The van der Waals surface area contributed by atoms with Crippen LogP contribution in [-0.4, -0.2) is 56.7 Å². The van der Waals surface area contributed by atoms with Crippen molar-refractivity contribution in [2.45, 2.75) is 11.9 Å². The zero-order valence-corrected chi connectivity index (χ0v) is 20.7. The molecule has 7 nitrogen and oxygen atoms in total. The summed E-state index contributed by atoms with van der Waals surface area (Å²) < 4.78 is 79.0. The summed E-state index contributed by atoms with van der Waals surface area (Å²) in [7, 11) is -2.03. The molecule has 194 valence electrons. The van der Waals surface area contributed by atoms with Gasteiger partial charge in [-0.25, -0.2) is 13.4 Å². The van der Waals surface area contributed by atoms with Gasteiger partial charge in [0.1, 0.15) is 23.0 Å². The standard InChI is InChI=1S/C26H24F3N3O4S/c1-35-20-8-10-23-21(16-20)25(30-22-15-19(26(27,28)29)7-9-24(22)36-23)31-11-13-32(14-12-31)37(33,34)17-18-5-3-2-4-6-18/h2-10,15-16H,11-14,17H2,1H3. The maximum absolute atomic E-state index is 13.4. The highest BCUT2D eigenvalue weighted by Gasteiger charge is 2.34. The second-order valence-electron chi connectivity index (χ2n) is 8.71. The van der Waals surface area contributed by atoms with E-state index in [0.717, 1.165) is 12.1 Å². The highest BCUT2D eigenvalue weighted by Crippen LogP contribution is 2.42. The van der Waals surface area contributed by atoms with E-state index in [-0.39, 0.29) is 30.3 Å². The van der Waals surface area contributed by atoms with Crippen LogP contribution in [0.15, 0.2) is 71.7 Å². The Morgan fingerprint density at radius 3 is 2.32 bits per heavy atom. The van der Waals surface area contributed by atoms with Crippen molar-refractivity contribution in [3.8, 4) is 17.2 Å². The van der Waals surface area contributed by atoms with E-state index in [1.54, 1.807) is 42.5 Å². The molecule has 0 atom stereocenters. The van der Waals surface area contributed by atoms with Crippen LogP contribution in [0.2, 0.25) is 0 Å². The number of hydrogen-bond donors (Lipinski definition) is 0. The van der Waals surface area contributed by atoms with E-state index in [1.165, 1.54) is 17.5 Å². The summed E-state index contributed by atoms with van der Waals surface area (Å²) in [4.78, 5) is 6.47. The van der Waals surface area contributed by atoms with E-state index >= 15 is 0 Å². The Hall–Kier alpha value is -3.57. The lowest BCUT2D eigenvalue weighted by atomic mass is 10.1. The zero-order valence-electron chi connectivity index (χ0n) is 19.9. The van der Waals surface area contributed by atoms with Gasteiger partial charge in [-0.3, -0.25) is 0 Å². The third-order valence-corrected chi connectivity index (χ3v) is 8.13. The normalized spacial score (nSPS) is 16.2. The van der Waals surface area contributed by atoms with Gasteiger partial charge in [0, 0.05) is 26.2 Å². The summed E-state index contributed by atoms with van der Waals surface area (Å²) in [5, 5.41) is 0. The summed E-state index contributed by atoms with van der Waals surface area (Å²) in [5.74, 6) is 1.43. The van der Waals surface area contributed by atoms with Crippen molar-refractivity contribution < 1.29 is 31.1 Å². The Labute approximate surface area is 212 Å². The Morgan fingerprint density at radius 1 is 0.946 bits per heavy atom. The number of halogens is 3. The fraction of sp³-hybridized carbons (Fsp3) is 0.269. The number of aliphatic imine (C=N–C) groups is 1. The minimum atomic E-state index is -4.54. The number of alkyl halides is 3. The topological polar surface area (TPSA) is 71.4 Å². The lowest BCUT2D eigenvalue weighted by molar-refractivity contribution is -0.137. The molecule has 1 saturated heterocycles. The van der Waals surface area contributed by atoms with Crippen molar-refractivity contribution in [1.29, 1.82) is 0 Å². The molecule has 0 bridgehead atoms. The number of sulfonamides is 1.